The Morgan fingerprint density at radius 1 is 1.06 bits per heavy atom. The summed E-state index contributed by atoms with van der Waals surface area (Å²) in [6.07, 6.45) is 5.76. The summed E-state index contributed by atoms with van der Waals surface area (Å²) in [5.74, 6) is -3.06. The topological polar surface area (TPSA) is 113 Å². The molecule has 96 valence electrons. The van der Waals surface area contributed by atoms with Crippen molar-refractivity contribution in [1.82, 2.24) is 5.32 Å². The maximum atomic E-state index is 9.63. The van der Waals surface area contributed by atoms with Gasteiger partial charge in [0.2, 0.25) is 6.04 Å². The van der Waals surface area contributed by atoms with E-state index in [1.54, 1.807) is 0 Å². The Labute approximate surface area is 108 Å². The zero-order valence-corrected chi connectivity index (χ0v) is 10.9. The van der Waals surface area contributed by atoms with E-state index in [1.807, 2.05) is 0 Å². The molecule has 2 rings (SSSR count). The molecule has 16 heavy (non-hydrogen) atoms. The Balaban J connectivity index is 0.000000265. The predicted octanol–water partition coefficient (Wildman–Crippen LogP) is -0.619. The van der Waals surface area contributed by atoms with Crippen molar-refractivity contribution in [3.63, 3.8) is 0 Å². The van der Waals surface area contributed by atoms with Crippen LogP contribution in [0.15, 0.2) is 0 Å². The van der Waals surface area contributed by atoms with E-state index in [-0.39, 0.29) is 21.1 Å². The molecule has 0 amide bonds. The molecule has 2 saturated carbocycles. The van der Waals surface area contributed by atoms with Crippen molar-refractivity contribution in [2.24, 2.45) is 5.73 Å². The minimum atomic E-state index is -1.80. The summed E-state index contributed by atoms with van der Waals surface area (Å²) in [5, 5.41) is 19.2. The zero-order chi connectivity index (χ0) is 11.4. The molecule has 0 aromatic rings. The molecule has 0 bridgehead atoms. The molecule has 6 nitrogen and oxygen atoms in total. The SMILES string of the molecule is C1CC1NC1CC1.NC(C(=O)O)C(=O)O.[Pt]. The predicted molar refractivity (Wildman–Crippen MR) is 52.4 cm³/mol. The zero-order valence-electron chi connectivity index (χ0n) is 8.66. The average molecular weight is 411 g/mol. The van der Waals surface area contributed by atoms with Gasteiger partial charge in [0.1, 0.15) is 0 Å². The fourth-order valence-electron chi connectivity index (χ4n) is 0.939. The van der Waals surface area contributed by atoms with Crippen molar-refractivity contribution in [3.8, 4) is 0 Å². The molecule has 2 fully saturated rings. The number of carbonyl (C=O) groups is 2. The van der Waals surface area contributed by atoms with Crippen LogP contribution in [0.4, 0.5) is 0 Å². The van der Waals surface area contributed by atoms with Crippen molar-refractivity contribution in [1.29, 1.82) is 0 Å². The Morgan fingerprint density at radius 3 is 1.50 bits per heavy atom. The van der Waals surface area contributed by atoms with Crippen LogP contribution in [0.5, 0.6) is 0 Å². The average Bonchev–Trinajstić information content (AvgIpc) is 3.01. The second-order valence-electron chi connectivity index (χ2n) is 3.87. The first-order valence-electron chi connectivity index (χ1n) is 4.98. The Hall–Kier alpha value is -0.452. The van der Waals surface area contributed by atoms with Gasteiger partial charge in [0, 0.05) is 33.1 Å². The van der Waals surface area contributed by atoms with E-state index in [1.165, 1.54) is 25.7 Å². The maximum Gasteiger partial charge on any atom is 0.332 e. The monoisotopic (exact) mass is 411 g/mol. The molecule has 0 aromatic carbocycles. The first kappa shape index (κ1) is 15.5. The van der Waals surface area contributed by atoms with Gasteiger partial charge in [0.25, 0.3) is 0 Å². The van der Waals surface area contributed by atoms with E-state index in [2.05, 4.69) is 11.1 Å². The summed E-state index contributed by atoms with van der Waals surface area (Å²) in [7, 11) is 0. The van der Waals surface area contributed by atoms with Gasteiger partial charge in [-0.25, -0.2) is 9.59 Å². The minimum Gasteiger partial charge on any atom is -0.480 e. The van der Waals surface area contributed by atoms with Crippen LogP contribution in [-0.4, -0.2) is 40.3 Å². The molecule has 2 aliphatic rings. The van der Waals surface area contributed by atoms with Gasteiger partial charge in [-0.15, -0.1) is 0 Å². The third kappa shape index (κ3) is 6.93. The third-order valence-electron chi connectivity index (χ3n) is 2.16. The number of hydrogen-bond acceptors (Lipinski definition) is 4. The normalized spacial score (nSPS) is 18.1. The van der Waals surface area contributed by atoms with Crippen LogP contribution in [0.25, 0.3) is 0 Å². The summed E-state index contributed by atoms with van der Waals surface area (Å²) in [4.78, 5) is 19.3. The molecule has 0 saturated heterocycles. The van der Waals surface area contributed by atoms with Crippen LogP contribution in [0, 0.1) is 0 Å². The van der Waals surface area contributed by atoms with Gasteiger partial charge < -0.3 is 21.3 Å². The van der Waals surface area contributed by atoms with Gasteiger partial charge in [-0.1, -0.05) is 0 Å². The molecule has 0 aliphatic heterocycles. The number of nitrogens with one attached hydrogen (secondary N) is 1. The number of aliphatic carboxylic acids is 2. The number of nitrogens with two attached hydrogens (primary N) is 1. The molecular weight excluding hydrogens is 395 g/mol. The molecule has 5 N–H and O–H groups in total. The number of hydrogen-bond donors (Lipinski definition) is 4. The maximum absolute atomic E-state index is 9.63. The second-order valence-corrected chi connectivity index (χ2v) is 3.87. The molecule has 0 spiro atoms. The first-order chi connectivity index (χ1) is 7.00. The van der Waals surface area contributed by atoms with E-state index >= 15 is 0 Å². The van der Waals surface area contributed by atoms with Crippen LogP contribution in [0.1, 0.15) is 25.7 Å². The van der Waals surface area contributed by atoms with Gasteiger partial charge in [0.15, 0.2) is 0 Å². The van der Waals surface area contributed by atoms with E-state index in [0.29, 0.717) is 0 Å². The summed E-state index contributed by atoms with van der Waals surface area (Å²) >= 11 is 0. The molecular formula is C9H16N2O4Pt. The summed E-state index contributed by atoms with van der Waals surface area (Å²) in [5.41, 5.74) is 4.56. The quantitative estimate of drug-likeness (QED) is 0.459. The van der Waals surface area contributed by atoms with Crippen LogP contribution in [-0.2, 0) is 30.7 Å². The summed E-state index contributed by atoms with van der Waals surface area (Å²) in [6.45, 7) is 0. The number of carboxylic acids is 2. The summed E-state index contributed by atoms with van der Waals surface area (Å²) < 4.78 is 0. The van der Waals surface area contributed by atoms with E-state index in [4.69, 9.17) is 10.2 Å². The van der Waals surface area contributed by atoms with E-state index < -0.39 is 18.0 Å². The Kier molecular flexibility index (Phi) is 6.79. The smallest absolute Gasteiger partial charge is 0.332 e. The first-order valence-corrected chi connectivity index (χ1v) is 4.98. The molecule has 7 heteroatoms. The van der Waals surface area contributed by atoms with Crippen LogP contribution in [0.3, 0.4) is 0 Å². The molecule has 0 aromatic heterocycles. The van der Waals surface area contributed by atoms with Crippen molar-refractivity contribution in [2.45, 2.75) is 43.8 Å². The molecule has 2 aliphatic carbocycles. The second kappa shape index (κ2) is 6.99. The van der Waals surface area contributed by atoms with Gasteiger partial charge in [-0.3, -0.25) is 0 Å². The van der Waals surface area contributed by atoms with E-state index in [9.17, 15) is 9.59 Å². The van der Waals surface area contributed by atoms with Crippen LogP contribution >= 0.6 is 0 Å². The van der Waals surface area contributed by atoms with Crippen LogP contribution in [0.2, 0.25) is 0 Å². The van der Waals surface area contributed by atoms with Crippen molar-refractivity contribution >= 4 is 11.9 Å². The van der Waals surface area contributed by atoms with Crippen molar-refractivity contribution in [2.75, 3.05) is 0 Å². The summed E-state index contributed by atoms with van der Waals surface area (Å²) in [6, 6.07) is 0.0787. The number of carboxylic acid groups (broad SMARTS) is 2. The van der Waals surface area contributed by atoms with Crippen LogP contribution < -0.4 is 11.1 Å². The minimum absolute atomic E-state index is 0. The Bertz CT molecular complexity index is 230. The molecule has 0 atom stereocenters. The van der Waals surface area contributed by atoms with Crippen molar-refractivity contribution < 1.29 is 40.9 Å². The standard InChI is InChI=1S/C6H11N.C3H5NO4.Pt/c1-2-5(1)7-6-3-4-6;4-1(2(5)6)3(7)8;/h5-7H,1-4H2;1H,4H2,(H,5,6)(H,7,8);. The number of rotatable bonds is 4. The van der Waals surface area contributed by atoms with Gasteiger partial charge in [-0.05, 0) is 25.7 Å². The van der Waals surface area contributed by atoms with Gasteiger partial charge in [0.05, 0.1) is 0 Å². The van der Waals surface area contributed by atoms with Gasteiger partial charge >= 0.3 is 11.9 Å². The fourth-order valence-corrected chi connectivity index (χ4v) is 0.939. The molecule has 0 heterocycles. The molecule has 0 unspecified atom stereocenters. The largest absolute Gasteiger partial charge is 0.480 e. The Morgan fingerprint density at radius 2 is 1.38 bits per heavy atom. The third-order valence-corrected chi connectivity index (χ3v) is 2.16. The van der Waals surface area contributed by atoms with Crippen molar-refractivity contribution in [3.05, 3.63) is 0 Å². The van der Waals surface area contributed by atoms with Gasteiger partial charge in [-0.2, -0.15) is 0 Å². The van der Waals surface area contributed by atoms with E-state index in [0.717, 1.165) is 12.1 Å². The fraction of sp³-hybridized carbons (Fsp3) is 0.778. The molecule has 0 radical (unpaired) electrons.